The van der Waals surface area contributed by atoms with E-state index in [1.54, 1.807) is 0 Å². The predicted molar refractivity (Wildman–Crippen MR) is 253 cm³/mol. The molecule has 8 fully saturated rings. The van der Waals surface area contributed by atoms with E-state index in [0.29, 0.717) is 0 Å². The van der Waals surface area contributed by atoms with Gasteiger partial charge in [0.25, 0.3) is 0 Å². The van der Waals surface area contributed by atoms with Crippen LogP contribution >= 0.6 is 0 Å². The zero-order valence-electron chi connectivity index (χ0n) is 40.7. The summed E-state index contributed by atoms with van der Waals surface area (Å²) in [6, 6.07) is 0. The zero-order chi connectivity index (χ0) is 31.4. The van der Waals surface area contributed by atoms with Crippen LogP contribution in [0.4, 0.5) is 0 Å². The molecular weight excluding hydrogens is 856 g/mol. The van der Waals surface area contributed by atoms with E-state index in [2.05, 4.69) is 19.0 Å². The van der Waals surface area contributed by atoms with Crippen molar-refractivity contribution in [3.05, 3.63) is 59.4 Å². The van der Waals surface area contributed by atoms with Crippen LogP contribution in [0.1, 0.15) is 250 Å². The summed E-state index contributed by atoms with van der Waals surface area (Å²) in [5.74, 6) is 1.01. The van der Waals surface area contributed by atoms with Gasteiger partial charge in [0.1, 0.15) is 0 Å². The van der Waals surface area contributed by atoms with Gasteiger partial charge in [0.05, 0.1) is 0 Å². The summed E-state index contributed by atoms with van der Waals surface area (Å²) >= 11 is 0. The van der Waals surface area contributed by atoms with Gasteiger partial charge in [0.2, 0.25) is 0 Å². The molecule has 0 heterocycles. The Kier molecular flexibility index (Phi) is 123. The minimum absolute atomic E-state index is 0. The smallest absolute Gasteiger partial charge is 0.358 e. The van der Waals surface area contributed by atoms with Crippen LogP contribution < -0.4 is 0 Å². The summed E-state index contributed by atoms with van der Waals surface area (Å²) in [4.78, 5) is 2.30. The molecule has 56 heavy (non-hydrogen) atoms. The minimum Gasteiger partial charge on any atom is -0.358 e. The minimum atomic E-state index is 0. The van der Waals surface area contributed by atoms with Crippen molar-refractivity contribution in [1.82, 2.24) is 4.90 Å². The third kappa shape index (κ3) is 73.5. The first kappa shape index (κ1) is 89.1. The SMILES string of the molecule is C1CCCC1.C1CCCC1.C1CCCC1.C1CCCC1.C1CCCC1.C1CCCC1.C1CCCC1.CN(C)CC1CCCC1.[CH3-].[CH3-].[CH3-].[CH3-].[CH3-].[CH3-].[CH3-].[CH3-].[Co+2].[Fe+2].[Fe+2].[Ni+2]. The fourth-order valence-electron chi connectivity index (χ4n) is 7.90. The van der Waals surface area contributed by atoms with Crippen molar-refractivity contribution in [3.8, 4) is 0 Å². The Morgan fingerprint density at radius 1 is 0.268 bits per heavy atom. The maximum atomic E-state index is 2.30. The fourth-order valence-corrected chi connectivity index (χ4v) is 7.90. The zero-order valence-corrected chi connectivity index (χ0v) is 44.9. The van der Waals surface area contributed by atoms with E-state index in [4.69, 9.17) is 0 Å². The molecule has 0 amide bonds. The van der Waals surface area contributed by atoms with Crippen molar-refractivity contribution in [2.24, 2.45) is 5.92 Å². The number of hydrogen-bond donors (Lipinski definition) is 0. The second-order valence-electron chi connectivity index (χ2n) is 15.8. The molecule has 0 aliphatic heterocycles. The van der Waals surface area contributed by atoms with Crippen LogP contribution in [0, 0.1) is 65.3 Å². The summed E-state index contributed by atoms with van der Waals surface area (Å²) in [5.41, 5.74) is 0. The van der Waals surface area contributed by atoms with Gasteiger partial charge in [-0.1, -0.05) is 238 Å². The molecule has 0 bridgehead atoms. The molecule has 0 atom stereocenters. The normalized spacial score (nSPS) is 18.5. The molecule has 0 saturated heterocycles. The van der Waals surface area contributed by atoms with Gasteiger partial charge >= 0.3 is 67.4 Å². The molecule has 0 unspecified atom stereocenters. The Balaban J connectivity index is -0.0000000386. The van der Waals surface area contributed by atoms with Crippen LogP contribution in [-0.4, -0.2) is 25.5 Å². The Hall–Kier alpha value is 2.00. The van der Waals surface area contributed by atoms with Gasteiger partial charge in [-0.05, 0) is 32.9 Å². The van der Waals surface area contributed by atoms with Gasteiger partial charge in [-0.3, -0.25) is 0 Å². The molecule has 8 rings (SSSR count). The van der Waals surface area contributed by atoms with Crippen LogP contribution in [0.25, 0.3) is 0 Å². The first-order chi connectivity index (χ1) is 21.8. The van der Waals surface area contributed by atoms with Crippen LogP contribution in [-0.2, 0) is 67.4 Å². The van der Waals surface area contributed by atoms with Crippen molar-refractivity contribution in [1.29, 1.82) is 0 Å². The Bertz CT molecular complexity index is 355. The summed E-state index contributed by atoms with van der Waals surface area (Å²) in [6.07, 6.45) is 58.4. The van der Waals surface area contributed by atoms with E-state index < -0.39 is 0 Å². The second kappa shape index (κ2) is 77.6. The van der Waals surface area contributed by atoms with Crippen LogP contribution in [0.3, 0.4) is 0 Å². The molecule has 1 nitrogen and oxygen atoms in total. The van der Waals surface area contributed by atoms with E-state index in [1.807, 2.05) is 0 Å². The number of nitrogens with zero attached hydrogens (tertiary/aromatic N) is 1. The summed E-state index contributed by atoms with van der Waals surface area (Å²) in [7, 11) is 4.33. The molecule has 355 valence electrons. The van der Waals surface area contributed by atoms with Gasteiger partial charge in [-0.2, -0.15) is 0 Å². The molecule has 8 saturated carbocycles. The molecule has 8 aliphatic carbocycles. The topological polar surface area (TPSA) is 3.24 Å². The van der Waals surface area contributed by atoms with E-state index in [1.165, 1.54) is 257 Å². The van der Waals surface area contributed by atoms with Gasteiger partial charge in [0.15, 0.2) is 0 Å². The summed E-state index contributed by atoms with van der Waals surface area (Å²) in [5, 5.41) is 0. The van der Waals surface area contributed by atoms with E-state index in [-0.39, 0.29) is 127 Å². The van der Waals surface area contributed by atoms with Crippen molar-refractivity contribution in [2.75, 3.05) is 20.6 Å². The fraction of sp³-hybridized carbons (Fsp3) is 0.843. The molecular formula is C51H111CoFe2NNi. The molecule has 0 aromatic carbocycles. The first-order valence-electron chi connectivity index (χ1n) is 21.4. The monoisotopic (exact) mass is 967 g/mol. The third-order valence-electron chi connectivity index (χ3n) is 10.8. The maximum absolute atomic E-state index is 2.30. The molecule has 0 aromatic rings. The average molecular weight is 968 g/mol. The van der Waals surface area contributed by atoms with Crippen molar-refractivity contribution in [3.63, 3.8) is 0 Å². The Labute approximate surface area is 405 Å². The van der Waals surface area contributed by atoms with Crippen LogP contribution in [0.5, 0.6) is 0 Å². The van der Waals surface area contributed by atoms with Crippen LogP contribution in [0.15, 0.2) is 0 Å². The largest absolute Gasteiger partial charge is 2.00 e. The van der Waals surface area contributed by atoms with Crippen molar-refractivity contribution in [2.45, 2.75) is 250 Å². The Morgan fingerprint density at radius 3 is 0.464 bits per heavy atom. The van der Waals surface area contributed by atoms with Crippen molar-refractivity contribution < 1.29 is 67.4 Å². The molecule has 0 N–H and O–H groups in total. The van der Waals surface area contributed by atoms with E-state index in [9.17, 15) is 0 Å². The maximum Gasteiger partial charge on any atom is 2.00 e. The molecule has 1 radical (unpaired) electrons. The summed E-state index contributed by atoms with van der Waals surface area (Å²) in [6.45, 7) is 1.31. The van der Waals surface area contributed by atoms with Gasteiger partial charge in [-0.15, -0.1) is 0 Å². The van der Waals surface area contributed by atoms with Crippen molar-refractivity contribution >= 4 is 0 Å². The molecule has 5 heteroatoms. The van der Waals surface area contributed by atoms with Gasteiger partial charge in [0, 0.05) is 6.54 Å². The average Bonchev–Trinajstić information content (AvgIpc) is 3.96. The quantitative estimate of drug-likeness (QED) is 0.197. The number of hydrogen-bond acceptors (Lipinski definition) is 1. The number of rotatable bonds is 2. The molecule has 0 aromatic heterocycles. The van der Waals surface area contributed by atoms with E-state index in [0.717, 1.165) is 5.92 Å². The second-order valence-corrected chi connectivity index (χ2v) is 15.8. The van der Waals surface area contributed by atoms with Gasteiger partial charge < -0.3 is 64.3 Å². The Morgan fingerprint density at radius 2 is 0.375 bits per heavy atom. The van der Waals surface area contributed by atoms with Crippen LogP contribution in [0.2, 0.25) is 0 Å². The predicted octanol–water partition coefficient (Wildman–Crippen LogP) is 19.0. The summed E-state index contributed by atoms with van der Waals surface area (Å²) < 4.78 is 0. The third-order valence-corrected chi connectivity index (χ3v) is 10.8. The first-order valence-corrected chi connectivity index (χ1v) is 21.4. The van der Waals surface area contributed by atoms with Gasteiger partial charge in [-0.25, -0.2) is 0 Å². The standard InChI is InChI=1S/C8H17N.7C5H10.8CH3.Co.2Fe.Ni/c1-9(2)7-8-5-3-4-6-8;7*1-2-4-5-3-1;;;;;;;;;;;;/h8H,3-7H2,1-2H3;7*1-5H2;8*1H3;;;;/q;;;;;;;;8*-1;4*+2. The van der Waals surface area contributed by atoms with E-state index >= 15 is 0 Å². The molecule has 0 spiro atoms. The molecule has 8 aliphatic rings.